The SMILES string of the molecule is CC1CCC(C2CCCCC2(C)F)CC1. The molecule has 0 spiro atoms. The first-order chi connectivity index (χ1) is 7.09. The molecule has 0 aliphatic heterocycles. The topological polar surface area (TPSA) is 0 Å². The molecule has 0 heterocycles. The van der Waals surface area contributed by atoms with Crippen LogP contribution in [0.2, 0.25) is 0 Å². The summed E-state index contributed by atoms with van der Waals surface area (Å²) in [5, 5.41) is 0. The molecule has 2 aliphatic rings. The van der Waals surface area contributed by atoms with Gasteiger partial charge in [-0.1, -0.05) is 32.6 Å². The van der Waals surface area contributed by atoms with Crippen LogP contribution in [0.15, 0.2) is 0 Å². The zero-order chi connectivity index (χ0) is 10.9. The van der Waals surface area contributed by atoms with E-state index in [2.05, 4.69) is 6.92 Å². The summed E-state index contributed by atoms with van der Waals surface area (Å²) in [6, 6.07) is 0. The van der Waals surface area contributed by atoms with Crippen molar-refractivity contribution in [1.29, 1.82) is 0 Å². The van der Waals surface area contributed by atoms with Crippen molar-refractivity contribution < 1.29 is 4.39 Å². The average molecular weight is 212 g/mol. The number of rotatable bonds is 1. The van der Waals surface area contributed by atoms with Crippen LogP contribution in [0.4, 0.5) is 4.39 Å². The average Bonchev–Trinajstić information content (AvgIpc) is 2.19. The second-order valence-corrected chi connectivity index (χ2v) is 6.15. The van der Waals surface area contributed by atoms with Crippen molar-refractivity contribution in [3.8, 4) is 0 Å². The molecule has 2 aliphatic carbocycles. The molecule has 0 nitrogen and oxygen atoms in total. The fourth-order valence-electron chi connectivity index (χ4n) is 3.74. The van der Waals surface area contributed by atoms with E-state index in [-0.39, 0.29) is 0 Å². The predicted molar refractivity (Wildman–Crippen MR) is 62.6 cm³/mol. The maximum absolute atomic E-state index is 14.4. The summed E-state index contributed by atoms with van der Waals surface area (Å²) in [5.74, 6) is 1.95. The monoisotopic (exact) mass is 212 g/mol. The molecule has 0 aromatic heterocycles. The minimum atomic E-state index is -0.858. The molecule has 0 bridgehead atoms. The molecule has 0 N–H and O–H groups in total. The summed E-state index contributed by atoms with van der Waals surface area (Å²) in [6.45, 7) is 4.20. The first-order valence-electron chi connectivity index (χ1n) is 6.78. The molecule has 1 heteroatoms. The molecule has 2 atom stereocenters. The van der Waals surface area contributed by atoms with E-state index in [9.17, 15) is 4.39 Å². The van der Waals surface area contributed by atoms with E-state index >= 15 is 0 Å². The van der Waals surface area contributed by atoms with Crippen LogP contribution < -0.4 is 0 Å². The third kappa shape index (κ3) is 2.54. The summed E-state index contributed by atoms with van der Waals surface area (Å²) < 4.78 is 14.4. The highest BCUT2D eigenvalue weighted by Gasteiger charge is 2.41. The molecular weight excluding hydrogens is 187 g/mol. The first-order valence-corrected chi connectivity index (χ1v) is 6.78. The van der Waals surface area contributed by atoms with Crippen LogP contribution in [-0.2, 0) is 0 Å². The Hall–Kier alpha value is -0.0700. The van der Waals surface area contributed by atoms with Gasteiger partial charge in [-0.3, -0.25) is 0 Å². The molecule has 0 radical (unpaired) electrons. The van der Waals surface area contributed by atoms with Gasteiger partial charge in [-0.15, -0.1) is 0 Å². The quantitative estimate of drug-likeness (QED) is 0.589. The molecule has 2 unspecified atom stereocenters. The van der Waals surface area contributed by atoms with Crippen molar-refractivity contribution >= 4 is 0 Å². The largest absolute Gasteiger partial charge is 0.244 e. The fourth-order valence-corrected chi connectivity index (χ4v) is 3.74. The van der Waals surface area contributed by atoms with Crippen molar-refractivity contribution in [3.63, 3.8) is 0 Å². The number of hydrogen-bond donors (Lipinski definition) is 0. The highest BCUT2D eigenvalue weighted by atomic mass is 19.1. The molecule has 88 valence electrons. The van der Waals surface area contributed by atoms with Crippen LogP contribution in [0.1, 0.15) is 65.2 Å². The lowest BCUT2D eigenvalue weighted by atomic mass is 9.66. The van der Waals surface area contributed by atoms with Crippen LogP contribution in [0.5, 0.6) is 0 Å². The Morgan fingerprint density at radius 1 is 1.00 bits per heavy atom. The number of halogens is 1. The van der Waals surface area contributed by atoms with E-state index < -0.39 is 5.67 Å². The molecule has 0 saturated heterocycles. The zero-order valence-corrected chi connectivity index (χ0v) is 10.3. The lowest BCUT2D eigenvalue weighted by molar-refractivity contribution is 0.00470. The van der Waals surface area contributed by atoms with E-state index in [0.717, 1.165) is 25.2 Å². The maximum Gasteiger partial charge on any atom is 0.111 e. The number of hydrogen-bond acceptors (Lipinski definition) is 0. The summed E-state index contributed by atoms with van der Waals surface area (Å²) in [6.07, 6.45) is 9.55. The Morgan fingerprint density at radius 2 is 1.67 bits per heavy atom. The molecule has 0 amide bonds. The zero-order valence-electron chi connectivity index (χ0n) is 10.3. The van der Waals surface area contributed by atoms with E-state index in [1.807, 2.05) is 6.92 Å². The first kappa shape index (κ1) is 11.4. The summed E-state index contributed by atoms with van der Waals surface area (Å²) in [4.78, 5) is 0. The van der Waals surface area contributed by atoms with Gasteiger partial charge in [0.2, 0.25) is 0 Å². The van der Waals surface area contributed by atoms with Gasteiger partial charge in [0.25, 0.3) is 0 Å². The minimum Gasteiger partial charge on any atom is -0.244 e. The fraction of sp³-hybridized carbons (Fsp3) is 1.00. The van der Waals surface area contributed by atoms with Gasteiger partial charge >= 0.3 is 0 Å². The Balaban J connectivity index is 1.96. The van der Waals surface area contributed by atoms with Crippen molar-refractivity contribution in [1.82, 2.24) is 0 Å². The maximum atomic E-state index is 14.4. The van der Waals surface area contributed by atoms with E-state index in [4.69, 9.17) is 0 Å². The van der Waals surface area contributed by atoms with E-state index in [1.165, 1.54) is 32.1 Å². The lowest BCUT2D eigenvalue weighted by Crippen LogP contribution is -2.39. The van der Waals surface area contributed by atoms with Crippen LogP contribution in [0.3, 0.4) is 0 Å². The van der Waals surface area contributed by atoms with E-state index in [1.54, 1.807) is 0 Å². The van der Waals surface area contributed by atoms with Gasteiger partial charge < -0.3 is 0 Å². The van der Waals surface area contributed by atoms with Gasteiger partial charge in [0.05, 0.1) is 0 Å². The third-order valence-electron chi connectivity index (χ3n) is 4.83. The van der Waals surface area contributed by atoms with Gasteiger partial charge in [-0.2, -0.15) is 0 Å². The van der Waals surface area contributed by atoms with Crippen LogP contribution >= 0.6 is 0 Å². The normalized spacial score (nSPS) is 47.8. The molecule has 0 aromatic carbocycles. The van der Waals surface area contributed by atoms with Crippen molar-refractivity contribution in [2.45, 2.75) is 70.9 Å². The second kappa shape index (κ2) is 4.43. The second-order valence-electron chi connectivity index (χ2n) is 6.15. The van der Waals surface area contributed by atoms with Crippen molar-refractivity contribution in [2.75, 3.05) is 0 Å². The minimum absolute atomic E-state index is 0.374. The van der Waals surface area contributed by atoms with Crippen LogP contribution in [0.25, 0.3) is 0 Å². The Morgan fingerprint density at radius 3 is 2.27 bits per heavy atom. The third-order valence-corrected chi connectivity index (χ3v) is 4.83. The van der Waals surface area contributed by atoms with Gasteiger partial charge in [0, 0.05) is 0 Å². The van der Waals surface area contributed by atoms with Crippen molar-refractivity contribution in [3.05, 3.63) is 0 Å². The Labute approximate surface area is 93.6 Å². The molecule has 2 saturated carbocycles. The molecule has 2 rings (SSSR count). The number of alkyl halides is 1. The molecular formula is C14H25F. The Kier molecular flexibility index (Phi) is 3.37. The van der Waals surface area contributed by atoms with E-state index in [0.29, 0.717) is 11.8 Å². The van der Waals surface area contributed by atoms with Gasteiger partial charge in [-0.05, 0) is 50.4 Å². The summed E-state index contributed by atoms with van der Waals surface area (Å²) in [5.41, 5.74) is -0.858. The molecule has 0 aromatic rings. The summed E-state index contributed by atoms with van der Waals surface area (Å²) >= 11 is 0. The standard InChI is InChI=1S/C14H25F/c1-11-6-8-12(9-7-11)13-5-3-4-10-14(13,2)15/h11-13H,3-10H2,1-2H3. The highest BCUT2D eigenvalue weighted by Crippen LogP contribution is 2.46. The summed E-state index contributed by atoms with van der Waals surface area (Å²) in [7, 11) is 0. The van der Waals surface area contributed by atoms with Crippen molar-refractivity contribution in [2.24, 2.45) is 17.8 Å². The van der Waals surface area contributed by atoms with Crippen LogP contribution in [-0.4, -0.2) is 5.67 Å². The molecule has 2 fully saturated rings. The lowest BCUT2D eigenvalue weighted by Gasteiger charge is -2.42. The predicted octanol–water partition coefficient (Wildman–Crippen LogP) is 4.73. The van der Waals surface area contributed by atoms with Crippen LogP contribution in [0, 0.1) is 17.8 Å². The smallest absolute Gasteiger partial charge is 0.111 e. The molecule has 15 heavy (non-hydrogen) atoms. The van der Waals surface area contributed by atoms with Gasteiger partial charge in [0.1, 0.15) is 5.67 Å². The highest BCUT2D eigenvalue weighted by molar-refractivity contribution is 4.91. The van der Waals surface area contributed by atoms with Gasteiger partial charge in [-0.25, -0.2) is 4.39 Å². The van der Waals surface area contributed by atoms with Gasteiger partial charge in [0.15, 0.2) is 0 Å². The Bertz CT molecular complexity index is 201.